The summed E-state index contributed by atoms with van der Waals surface area (Å²) in [6, 6.07) is 4.98. The quantitative estimate of drug-likeness (QED) is 0.266. The first kappa shape index (κ1) is 27.7. The molecule has 1 aliphatic heterocycles. The lowest BCUT2D eigenvalue weighted by Crippen LogP contribution is -2.42. The van der Waals surface area contributed by atoms with Crippen LogP contribution in [0.3, 0.4) is 0 Å². The summed E-state index contributed by atoms with van der Waals surface area (Å²) < 4.78 is 17.6. The second kappa shape index (κ2) is 11.5. The average Bonchev–Trinajstić information content (AvgIpc) is 3.38. The Hall–Kier alpha value is -3.88. The summed E-state index contributed by atoms with van der Waals surface area (Å²) in [7, 11) is 0. The van der Waals surface area contributed by atoms with Crippen molar-refractivity contribution in [3.8, 4) is 0 Å². The Labute approximate surface area is 210 Å². The molecule has 4 rings (SSSR count). The van der Waals surface area contributed by atoms with Crippen LogP contribution in [0.5, 0.6) is 0 Å². The molecular formula is C23H28FN5O8. The van der Waals surface area contributed by atoms with Gasteiger partial charge in [-0.3, -0.25) is 14.5 Å². The van der Waals surface area contributed by atoms with Crippen molar-refractivity contribution in [2.75, 3.05) is 6.54 Å². The first-order valence-corrected chi connectivity index (χ1v) is 11.4. The second-order valence-corrected chi connectivity index (χ2v) is 8.63. The minimum absolute atomic E-state index is 0.0808. The van der Waals surface area contributed by atoms with Gasteiger partial charge in [0, 0.05) is 37.8 Å². The van der Waals surface area contributed by atoms with Gasteiger partial charge in [0.1, 0.15) is 18.2 Å². The molecule has 2 aromatic heterocycles. The van der Waals surface area contributed by atoms with Gasteiger partial charge >= 0.3 is 17.9 Å². The highest BCUT2D eigenvalue weighted by Crippen LogP contribution is 2.25. The number of hydrogen-bond donors (Lipinski definition) is 5. The number of hydrogen-bond acceptors (Lipinski definition) is 8. The minimum Gasteiger partial charge on any atom is -0.481 e. The monoisotopic (exact) mass is 521 g/mol. The summed E-state index contributed by atoms with van der Waals surface area (Å²) in [4.78, 5) is 32.8. The summed E-state index contributed by atoms with van der Waals surface area (Å²) in [5, 5.41) is 52.4. The van der Waals surface area contributed by atoms with E-state index in [1.165, 1.54) is 11.6 Å². The fourth-order valence-corrected chi connectivity index (χ4v) is 4.20. The number of fused-ring (bicyclic) bond motifs is 2. The number of aryl methyl sites for hydroxylation is 1. The third-order valence-electron chi connectivity index (χ3n) is 6.00. The predicted molar refractivity (Wildman–Crippen MR) is 125 cm³/mol. The van der Waals surface area contributed by atoms with Gasteiger partial charge in [-0.1, -0.05) is 0 Å². The molecule has 3 aromatic rings. The van der Waals surface area contributed by atoms with Gasteiger partial charge in [0.05, 0.1) is 24.9 Å². The van der Waals surface area contributed by atoms with E-state index >= 15 is 0 Å². The van der Waals surface area contributed by atoms with Crippen molar-refractivity contribution >= 4 is 28.8 Å². The number of nitrogens with zero attached hydrogens (tertiary/aromatic N) is 5. The Morgan fingerprint density at radius 1 is 1.08 bits per heavy atom. The van der Waals surface area contributed by atoms with Crippen molar-refractivity contribution < 1.29 is 44.3 Å². The second-order valence-electron chi connectivity index (χ2n) is 8.63. The van der Waals surface area contributed by atoms with Crippen LogP contribution < -0.4 is 0 Å². The molecule has 0 atom stereocenters. The lowest BCUT2D eigenvalue weighted by Gasteiger charge is -2.27. The lowest BCUT2D eigenvalue weighted by atomic mass is 9.96. The summed E-state index contributed by atoms with van der Waals surface area (Å²) in [5.74, 6) is -3.71. The standard InChI is InChI=1S/C17H20FN5O.C6H8O7/c1-2-22-9-12(14-4-3-13(18)7-15(14)22)8-21-5-6-23-16(10-21)19-20-17(23)11-24;7-3(8)1-6(13,5(11)12)2-4(9)10/h3-4,7,9,24H,2,5-6,8,10-11H2,1H3;13H,1-2H2,(H,7,8)(H,9,10)(H,11,12). The van der Waals surface area contributed by atoms with E-state index in [9.17, 15) is 23.9 Å². The van der Waals surface area contributed by atoms with E-state index in [-0.39, 0.29) is 12.4 Å². The van der Waals surface area contributed by atoms with Crippen LogP contribution in [0, 0.1) is 5.82 Å². The topological polar surface area (TPSA) is 191 Å². The smallest absolute Gasteiger partial charge is 0.336 e. The number of aliphatic carboxylic acids is 3. The number of benzene rings is 1. The molecule has 1 aromatic carbocycles. The van der Waals surface area contributed by atoms with Gasteiger partial charge in [-0.2, -0.15) is 0 Å². The van der Waals surface area contributed by atoms with Crippen LogP contribution in [-0.4, -0.2) is 79.8 Å². The summed E-state index contributed by atoms with van der Waals surface area (Å²) in [6.45, 7) is 5.94. The van der Waals surface area contributed by atoms with E-state index in [1.54, 1.807) is 6.07 Å². The zero-order valence-corrected chi connectivity index (χ0v) is 20.0. The maximum absolute atomic E-state index is 13.6. The highest BCUT2D eigenvalue weighted by molar-refractivity contribution is 5.88. The molecule has 13 nitrogen and oxygen atoms in total. The maximum Gasteiger partial charge on any atom is 0.336 e. The number of carboxylic acids is 3. The highest BCUT2D eigenvalue weighted by atomic mass is 19.1. The van der Waals surface area contributed by atoms with Gasteiger partial charge < -0.3 is 34.7 Å². The van der Waals surface area contributed by atoms with Crippen molar-refractivity contribution in [1.82, 2.24) is 24.2 Å². The number of halogens is 1. The molecule has 1 aliphatic rings. The highest BCUT2D eigenvalue weighted by Gasteiger charge is 2.40. The first-order valence-electron chi connectivity index (χ1n) is 11.4. The third-order valence-corrected chi connectivity index (χ3v) is 6.00. The number of aromatic nitrogens is 4. The van der Waals surface area contributed by atoms with Gasteiger partial charge in [0.15, 0.2) is 11.4 Å². The Kier molecular flexibility index (Phi) is 8.57. The van der Waals surface area contributed by atoms with Gasteiger partial charge in [-0.25, -0.2) is 9.18 Å². The van der Waals surface area contributed by atoms with E-state index < -0.39 is 36.4 Å². The van der Waals surface area contributed by atoms with E-state index in [0.29, 0.717) is 12.4 Å². The van der Waals surface area contributed by atoms with Crippen LogP contribution in [0.15, 0.2) is 24.4 Å². The van der Waals surface area contributed by atoms with Crippen molar-refractivity contribution in [1.29, 1.82) is 0 Å². The van der Waals surface area contributed by atoms with Crippen molar-refractivity contribution in [2.24, 2.45) is 0 Å². The molecular weight excluding hydrogens is 493 g/mol. The van der Waals surface area contributed by atoms with E-state index in [1.807, 2.05) is 10.6 Å². The maximum atomic E-state index is 13.6. The third kappa shape index (κ3) is 6.47. The zero-order chi connectivity index (χ0) is 27.3. The SMILES string of the molecule is CCn1cc(CN2CCn3c(CO)nnc3C2)c2ccc(F)cc21.O=C(O)CC(O)(CC(=O)O)C(=O)O. The average molecular weight is 522 g/mol. The minimum atomic E-state index is -2.74. The molecule has 0 radical (unpaired) electrons. The predicted octanol–water partition coefficient (Wildman–Crippen LogP) is 0.651. The number of carboxylic acid groups (broad SMARTS) is 3. The molecule has 0 aliphatic carbocycles. The molecule has 0 bridgehead atoms. The molecule has 0 amide bonds. The van der Waals surface area contributed by atoms with E-state index in [2.05, 4.69) is 32.8 Å². The Morgan fingerprint density at radius 2 is 1.76 bits per heavy atom. The molecule has 37 heavy (non-hydrogen) atoms. The van der Waals surface area contributed by atoms with E-state index in [4.69, 9.17) is 20.4 Å². The zero-order valence-electron chi connectivity index (χ0n) is 20.0. The fourth-order valence-electron chi connectivity index (χ4n) is 4.20. The van der Waals surface area contributed by atoms with Crippen LogP contribution in [0.1, 0.15) is 37.0 Å². The molecule has 14 heteroatoms. The summed E-state index contributed by atoms with van der Waals surface area (Å²) >= 11 is 0. The normalized spacial score (nSPS) is 13.6. The van der Waals surface area contributed by atoms with Gasteiger partial charge in [-0.15, -0.1) is 10.2 Å². The van der Waals surface area contributed by atoms with Crippen molar-refractivity contribution in [3.05, 3.63) is 47.4 Å². The molecule has 0 saturated heterocycles. The number of rotatable bonds is 9. The van der Waals surface area contributed by atoms with Gasteiger partial charge in [-0.05, 0) is 30.7 Å². The summed E-state index contributed by atoms with van der Waals surface area (Å²) in [6.07, 6.45) is -0.175. The van der Waals surface area contributed by atoms with Gasteiger partial charge in [0.25, 0.3) is 0 Å². The Morgan fingerprint density at radius 3 is 2.32 bits per heavy atom. The van der Waals surface area contributed by atoms with Crippen molar-refractivity contribution in [3.63, 3.8) is 0 Å². The molecule has 0 unspecified atom stereocenters. The number of aliphatic hydroxyl groups is 2. The molecule has 3 heterocycles. The Balaban J connectivity index is 0.000000251. The van der Waals surface area contributed by atoms with E-state index in [0.717, 1.165) is 42.9 Å². The van der Waals surface area contributed by atoms with Crippen LogP contribution in [0.25, 0.3) is 10.9 Å². The molecule has 0 spiro atoms. The Bertz CT molecular complexity index is 1290. The number of carbonyl (C=O) groups is 3. The number of aliphatic hydroxyl groups excluding tert-OH is 1. The summed E-state index contributed by atoms with van der Waals surface area (Å²) in [5.41, 5.74) is -0.602. The molecule has 200 valence electrons. The molecule has 0 fully saturated rings. The van der Waals surface area contributed by atoms with Crippen LogP contribution in [-0.2, 0) is 47.2 Å². The fraction of sp³-hybridized carbons (Fsp3) is 0.435. The lowest BCUT2D eigenvalue weighted by molar-refractivity contribution is -0.170. The van der Waals surface area contributed by atoms with Crippen molar-refractivity contribution in [2.45, 2.75) is 58.2 Å². The van der Waals surface area contributed by atoms with Gasteiger partial charge in [0.2, 0.25) is 0 Å². The van der Waals surface area contributed by atoms with Crippen LogP contribution in [0.2, 0.25) is 0 Å². The molecule has 0 saturated carbocycles. The molecule has 5 N–H and O–H groups in total. The largest absolute Gasteiger partial charge is 0.481 e. The first-order chi connectivity index (χ1) is 17.5. The van der Waals surface area contributed by atoms with Crippen LogP contribution in [0.4, 0.5) is 4.39 Å². The van der Waals surface area contributed by atoms with Crippen LogP contribution >= 0.6 is 0 Å².